The van der Waals surface area contributed by atoms with Crippen molar-refractivity contribution in [2.45, 2.75) is 26.4 Å². The van der Waals surface area contributed by atoms with Crippen molar-refractivity contribution in [1.82, 2.24) is 24.5 Å². The minimum Gasteiger partial charge on any atom is -0.309 e. The second-order valence-electron chi connectivity index (χ2n) is 4.58. The van der Waals surface area contributed by atoms with Crippen molar-refractivity contribution in [3.63, 3.8) is 0 Å². The monoisotopic (exact) mass is 295 g/mol. The predicted octanol–water partition coefficient (Wildman–Crippen LogP) is 2.73. The summed E-state index contributed by atoms with van der Waals surface area (Å²) >= 11 is 7.54. The van der Waals surface area contributed by atoms with Gasteiger partial charge in [0.25, 0.3) is 0 Å². The molecule has 3 heterocycles. The number of nitrogens with zero attached hydrogens (tertiary/aromatic N) is 4. The molecule has 0 aliphatic rings. The average Bonchev–Trinajstić information content (AvgIpc) is 3.00. The molecule has 100 valence electrons. The molecule has 0 atom stereocenters. The van der Waals surface area contributed by atoms with Gasteiger partial charge in [-0.15, -0.1) is 11.3 Å². The third-order valence-corrected chi connectivity index (χ3v) is 3.74. The first-order chi connectivity index (χ1) is 9.15. The van der Waals surface area contributed by atoms with E-state index in [1.54, 1.807) is 28.4 Å². The first-order valence-corrected chi connectivity index (χ1v) is 7.29. The molecule has 0 bridgehead atoms. The van der Waals surface area contributed by atoms with Crippen LogP contribution in [0.15, 0.2) is 24.0 Å². The van der Waals surface area contributed by atoms with Crippen molar-refractivity contribution in [2.24, 2.45) is 0 Å². The Hall–Kier alpha value is -1.37. The van der Waals surface area contributed by atoms with E-state index >= 15 is 0 Å². The van der Waals surface area contributed by atoms with Crippen molar-refractivity contribution in [2.75, 3.05) is 0 Å². The fraction of sp³-hybridized carbons (Fsp3) is 0.333. The summed E-state index contributed by atoms with van der Waals surface area (Å²) in [6.45, 7) is 4.98. The molecular formula is C12H14ClN5S. The van der Waals surface area contributed by atoms with Crippen molar-refractivity contribution in [3.8, 4) is 5.82 Å². The number of hydrogen-bond acceptors (Lipinski definition) is 4. The quantitative estimate of drug-likeness (QED) is 0.805. The van der Waals surface area contributed by atoms with Gasteiger partial charge in [-0.2, -0.15) is 10.1 Å². The maximum Gasteiger partial charge on any atom is 0.196 e. The molecule has 3 rings (SSSR count). The molecule has 0 unspecified atom stereocenters. The summed E-state index contributed by atoms with van der Waals surface area (Å²) in [6, 6.07) is 0.415. The fourth-order valence-corrected chi connectivity index (χ4v) is 2.75. The number of thiazole rings is 1. The van der Waals surface area contributed by atoms with Gasteiger partial charge >= 0.3 is 0 Å². The topological polar surface area (TPSA) is 47.2 Å². The molecule has 1 N–H and O–H groups in total. The van der Waals surface area contributed by atoms with Crippen molar-refractivity contribution in [3.05, 3.63) is 34.7 Å². The van der Waals surface area contributed by atoms with Crippen LogP contribution in [0.3, 0.4) is 0 Å². The molecule has 0 amide bonds. The van der Waals surface area contributed by atoms with Gasteiger partial charge in [0.1, 0.15) is 0 Å². The van der Waals surface area contributed by atoms with Gasteiger partial charge < -0.3 is 5.32 Å². The number of hydrogen-bond donors (Lipinski definition) is 1. The Bertz CT molecular complexity index is 696. The highest BCUT2D eigenvalue weighted by Gasteiger charge is 2.15. The maximum atomic E-state index is 5.93. The third kappa shape index (κ3) is 2.39. The fourth-order valence-electron chi connectivity index (χ4n) is 1.89. The van der Waals surface area contributed by atoms with E-state index in [0.29, 0.717) is 11.1 Å². The molecule has 7 heteroatoms. The molecule has 0 radical (unpaired) electrons. The number of fused-ring (bicyclic) bond motifs is 1. The van der Waals surface area contributed by atoms with Gasteiger partial charge in [-0.25, -0.2) is 4.68 Å². The number of rotatable bonds is 4. The minimum atomic E-state index is 0.415. The Balaban J connectivity index is 2.07. The SMILES string of the molecule is CC(C)NCc1c(-n2cc(Cl)cn2)nc2sccn12. The van der Waals surface area contributed by atoms with Crippen LogP contribution in [0.2, 0.25) is 5.02 Å². The van der Waals surface area contributed by atoms with Gasteiger partial charge in [0.05, 0.1) is 23.1 Å². The zero-order chi connectivity index (χ0) is 13.4. The molecule has 0 saturated carbocycles. The highest BCUT2D eigenvalue weighted by molar-refractivity contribution is 7.15. The number of imidazole rings is 1. The molecule has 0 fully saturated rings. The Morgan fingerprint density at radius 1 is 1.47 bits per heavy atom. The second kappa shape index (κ2) is 4.96. The Labute approximate surface area is 119 Å². The van der Waals surface area contributed by atoms with Gasteiger partial charge in [0.2, 0.25) is 0 Å². The van der Waals surface area contributed by atoms with Gasteiger partial charge in [-0.1, -0.05) is 25.4 Å². The number of aromatic nitrogens is 4. The smallest absolute Gasteiger partial charge is 0.196 e. The molecule has 0 aliphatic heterocycles. The maximum absolute atomic E-state index is 5.93. The van der Waals surface area contributed by atoms with Crippen molar-refractivity contribution < 1.29 is 0 Å². The average molecular weight is 296 g/mol. The molecule has 5 nitrogen and oxygen atoms in total. The summed E-state index contributed by atoms with van der Waals surface area (Å²) in [5, 5.41) is 10.3. The largest absolute Gasteiger partial charge is 0.309 e. The predicted molar refractivity (Wildman–Crippen MR) is 77.2 cm³/mol. The van der Waals surface area contributed by atoms with Crippen LogP contribution in [-0.4, -0.2) is 25.2 Å². The highest BCUT2D eigenvalue weighted by Crippen LogP contribution is 2.21. The van der Waals surface area contributed by atoms with Crippen LogP contribution in [0, 0.1) is 0 Å². The Kier molecular flexibility index (Phi) is 3.30. The van der Waals surface area contributed by atoms with Crippen molar-refractivity contribution >= 4 is 27.9 Å². The summed E-state index contributed by atoms with van der Waals surface area (Å²) in [6.07, 6.45) is 5.42. The molecule has 0 aromatic carbocycles. The van der Waals surface area contributed by atoms with Crippen molar-refractivity contribution in [1.29, 1.82) is 0 Å². The van der Waals surface area contributed by atoms with E-state index in [-0.39, 0.29) is 0 Å². The van der Waals surface area contributed by atoms with Gasteiger partial charge in [0.15, 0.2) is 10.8 Å². The van der Waals surface area contributed by atoms with Crippen LogP contribution in [-0.2, 0) is 6.54 Å². The first-order valence-electron chi connectivity index (χ1n) is 6.03. The molecular weight excluding hydrogens is 282 g/mol. The zero-order valence-electron chi connectivity index (χ0n) is 10.7. The van der Waals surface area contributed by atoms with Crippen LogP contribution in [0.4, 0.5) is 0 Å². The minimum absolute atomic E-state index is 0.415. The molecule has 19 heavy (non-hydrogen) atoms. The summed E-state index contributed by atoms with van der Waals surface area (Å²) in [4.78, 5) is 5.58. The van der Waals surface area contributed by atoms with Gasteiger partial charge in [-0.05, 0) is 0 Å². The Morgan fingerprint density at radius 2 is 2.32 bits per heavy atom. The zero-order valence-corrected chi connectivity index (χ0v) is 12.2. The van der Waals surface area contributed by atoms with E-state index < -0.39 is 0 Å². The van der Waals surface area contributed by atoms with Crippen LogP contribution in [0.1, 0.15) is 19.5 Å². The highest BCUT2D eigenvalue weighted by atomic mass is 35.5. The lowest BCUT2D eigenvalue weighted by atomic mass is 10.3. The van der Waals surface area contributed by atoms with Gasteiger partial charge in [0, 0.05) is 24.2 Å². The molecule has 0 saturated heterocycles. The second-order valence-corrected chi connectivity index (χ2v) is 5.89. The third-order valence-electron chi connectivity index (χ3n) is 2.79. The normalized spacial score (nSPS) is 11.8. The van der Waals surface area contributed by atoms with E-state index in [1.165, 1.54) is 0 Å². The number of halogens is 1. The summed E-state index contributed by atoms with van der Waals surface area (Å²) < 4.78 is 3.81. The molecule has 0 aliphatic carbocycles. The Morgan fingerprint density at radius 3 is 3.00 bits per heavy atom. The van der Waals surface area contributed by atoms with E-state index in [0.717, 1.165) is 23.0 Å². The van der Waals surface area contributed by atoms with Crippen LogP contribution < -0.4 is 5.32 Å². The molecule has 3 aromatic heterocycles. The number of nitrogens with one attached hydrogen (secondary N) is 1. The lowest BCUT2D eigenvalue weighted by Crippen LogP contribution is -2.23. The van der Waals surface area contributed by atoms with Gasteiger partial charge in [-0.3, -0.25) is 4.40 Å². The van der Waals surface area contributed by atoms with Crippen LogP contribution in [0.25, 0.3) is 10.8 Å². The standard InChI is InChI=1S/C12H14ClN5S/c1-8(2)14-6-10-11(18-7-9(13)5-15-18)16-12-17(10)3-4-19-12/h3-5,7-8,14H,6H2,1-2H3. The van der Waals surface area contributed by atoms with E-state index in [9.17, 15) is 0 Å². The first kappa shape index (κ1) is 12.7. The van der Waals surface area contributed by atoms with Crippen LogP contribution in [0.5, 0.6) is 0 Å². The summed E-state index contributed by atoms with van der Waals surface area (Å²) in [5.74, 6) is 0.826. The summed E-state index contributed by atoms with van der Waals surface area (Å²) in [5.41, 5.74) is 1.09. The van der Waals surface area contributed by atoms with E-state index in [1.807, 2.05) is 11.6 Å². The van der Waals surface area contributed by atoms with E-state index in [4.69, 9.17) is 11.6 Å². The lowest BCUT2D eigenvalue weighted by molar-refractivity contribution is 0.577. The van der Waals surface area contributed by atoms with Crippen LogP contribution >= 0.6 is 22.9 Å². The molecule has 0 spiro atoms. The molecule has 3 aromatic rings. The lowest BCUT2D eigenvalue weighted by Gasteiger charge is -2.09. The van der Waals surface area contributed by atoms with E-state index in [2.05, 4.69) is 33.6 Å². The summed E-state index contributed by atoms with van der Waals surface area (Å²) in [7, 11) is 0.